The van der Waals surface area contributed by atoms with Crippen molar-refractivity contribution in [1.29, 1.82) is 0 Å². The number of benzene rings is 2. The van der Waals surface area contributed by atoms with E-state index in [4.69, 9.17) is 0 Å². The fraction of sp³-hybridized carbons (Fsp3) is 0.238. The monoisotopic (exact) mass is 473 g/mol. The second-order valence-corrected chi connectivity index (χ2v) is 9.93. The first-order valence-electron chi connectivity index (χ1n) is 9.83. The molecule has 2 aromatic carbocycles. The summed E-state index contributed by atoms with van der Waals surface area (Å²) in [4.78, 5) is 48.6. The van der Waals surface area contributed by atoms with Gasteiger partial charge in [0.2, 0.25) is 15.9 Å². The standard InChI is InChI=1S/C21H23N5O6S/c1-21(2,3)26-33(31,32)13-9-7-12(8-10-13)18(28)22-11-16(27)23-15-6-4-5-14-17(15)20(30)25-24-19(14)29/h4-10,26H,11H2,1-3H3,(H,22,28)(H,23,27)(H,24,29)(H,25,30). The van der Waals surface area contributed by atoms with Crippen molar-refractivity contribution in [3.05, 3.63) is 68.7 Å². The zero-order chi connectivity index (χ0) is 24.4. The number of hydrogen-bond acceptors (Lipinski definition) is 6. The lowest BCUT2D eigenvalue weighted by molar-refractivity contribution is -0.115. The summed E-state index contributed by atoms with van der Waals surface area (Å²) in [7, 11) is -3.74. The molecule has 0 aliphatic heterocycles. The summed E-state index contributed by atoms with van der Waals surface area (Å²) in [5.41, 5.74) is -1.48. The molecule has 0 bridgehead atoms. The highest BCUT2D eigenvalue weighted by atomic mass is 32.2. The van der Waals surface area contributed by atoms with Crippen molar-refractivity contribution in [3.8, 4) is 0 Å². The Kier molecular flexibility index (Phi) is 6.51. The Morgan fingerprint density at radius 2 is 1.58 bits per heavy atom. The molecule has 5 N–H and O–H groups in total. The van der Waals surface area contributed by atoms with Gasteiger partial charge in [0, 0.05) is 11.1 Å². The third kappa shape index (κ3) is 5.73. The molecule has 2 amide bonds. The van der Waals surface area contributed by atoms with Crippen LogP contribution in [0.15, 0.2) is 56.9 Å². The van der Waals surface area contributed by atoms with Gasteiger partial charge >= 0.3 is 0 Å². The largest absolute Gasteiger partial charge is 0.343 e. The molecular formula is C21H23N5O6S. The lowest BCUT2D eigenvalue weighted by Crippen LogP contribution is -2.40. The predicted octanol–water partition coefficient (Wildman–Crippen LogP) is 0.662. The number of sulfonamides is 1. The fourth-order valence-electron chi connectivity index (χ4n) is 3.04. The zero-order valence-electron chi connectivity index (χ0n) is 18.1. The van der Waals surface area contributed by atoms with E-state index in [0.717, 1.165) is 0 Å². The summed E-state index contributed by atoms with van der Waals surface area (Å²) in [5, 5.41) is 9.43. The van der Waals surface area contributed by atoms with Gasteiger partial charge in [-0.25, -0.2) is 13.1 Å². The van der Waals surface area contributed by atoms with Crippen LogP contribution in [0.3, 0.4) is 0 Å². The molecule has 11 nitrogen and oxygen atoms in total. The number of hydrogen-bond donors (Lipinski definition) is 5. The van der Waals surface area contributed by atoms with Crippen LogP contribution in [0, 0.1) is 0 Å². The second-order valence-electron chi connectivity index (χ2n) is 8.25. The zero-order valence-corrected chi connectivity index (χ0v) is 18.9. The number of carbonyl (C=O) groups excluding carboxylic acids is 2. The number of H-pyrrole nitrogens is 2. The molecule has 0 fully saturated rings. The maximum absolute atomic E-state index is 12.3. The summed E-state index contributed by atoms with van der Waals surface area (Å²) in [6.07, 6.45) is 0. The minimum Gasteiger partial charge on any atom is -0.343 e. The molecule has 1 aromatic heterocycles. The maximum atomic E-state index is 12.3. The van der Waals surface area contributed by atoms with Gasteiger partial charge in [0.1, 0.15) is 0 Å². The number of amides is 2. The Balaban J connectivity index is 1.67. The molecule has 1 heterocycles. The minimum atomic E-state index is -3.74. The van der Waals surface area contributed by atoms with E-state index in [2.05, 4.69) is 25.6 Å². The number of anilines is 1. The Hall–Kier alpha value is -3.77. The van der Waals surface area contributed by atoms with Crippen molar-refractivity contribution in [2.75, 3.05) is 11.9 Å². The van der Waals surface area contributed by atoms with E-state index in [1.807, 2.05) is 0 Å². The van der Waals surface area contributed by atoms with Crippen LogP contribution >= 0.6 is 0 Å². The Labute approximate surface area is 188 Å². The Bertz CT molecular complexity index is 1430. The lowest BCUT2D eigenvalue weighted by Gasteiger charge is -2.20. The second kappa shape index (κ2) is 9.00. The molecule has 3 aromatic rings. The highest BCUT2D eigenvalue weighted by Crippen LogP contribution is 2.17. The summed E-state index contributed by atoms with van der Waals surface area (Å²) >= 11 is 0. The van der Waals surface area contributed by atoms with Crippen LogP contribution in [-0.4, -0.2) is 42.5 Å². The molecule has 3 rings (SSSR count). The van der Waals surface area contributed by atoms with Crippen LogP contribution < -0.4 is 26.5 Å². The van der Waals surface area contributed by atoms with E-state index < -0.39 is 45.0 Å². The van der Waals surface area contributed by atoms with Crippen LogP contribution in [-0.2, 0) is 14.8 Å². The van der Waals surface area contributed by atoms with Gasteiger partial charge in [-0.15, -0.1) is 0 Å². The van der Waals surface area contributed by atoms with Crippen molar-refractivity contribution in [3.63, 3.8) is 0 Å². The first-order chi connectivity index (χ1) is 15.4. The summed E-state index contributed by atoms with van der Waals surface area (Å²) in [6.45, 7) is 4.72. The molecule has 12 heteroatoms. The molecule has 174 valence electrons. The fourth-order valence-corrected chi connectivity index (χ4v) is 4.46. The summed E-state index contributed by atoms with van der Waals surface area (Å²) in [5.74, 6) is -1.21. The van der Waals surface area contributed by atoms with E-state index in [-0.39, 0.29) is 26.9 Å². The molecule has 0 unspecified atom stereocenters. The molecule has 33 heavy (non-hydrogen) atoms. The molecule has 0 atom stereocenters. The molecule has 0 saturated carbocycles. The van der Waals surface area contributed by atoms with Gasteiger partial charge in [-0.1, -0.05) is 6.07 Å². The van der Waals surface area contributed by atoms with Crippen molar-refractivity contribution in [2.45, 2.75) is 31.2 Å². The average Bonchev–Trinajstić information content (AvgIpc) is 2.73. The van der Waals surface area contributed by atoms with Crippen molar-refractivity contribution in [1.82, 2.24) is 20.2 Å². The van der Waals surface area contributed by atoms with Crippen molar-refractivity contribution < 1.29 is 18.0 Å². The van der Waals surface area contributed by atoms with Gasteiger partial charge in [-0.3, -0.25) is 29.4 Å². The molecule has 0 spiro atoms. The number of nitrogens with one attached hydrogen (secondary N) is 5. The summed E-state index contributed by atoms with van der Waals surface area (Å²) in [6, 6.07) is 9.67. The molecule has 0 aliphatic carbocycles. The Morgan fingerprint density at radius 3 is 2.21 bits per heavy atom. The summed E-state index contributed by atoms with van der Waals surface area (Å²) < 4.78 is 27.2. The number of aromatic nitrogens is 2. The van der Waals surface area contributed by atoms with Crippen LogP contribution in [0.5, 0.6) is 0 Å². The minimum absolute atomic E-state index is 0.00267. The van der Waals surface area contributed by atoms with Gasteiger partial charge in [0.05, 0.1) is 27.9 Å². The lowest BCUT2D eigenvalue weighted by atomic mass is 10.1. The van der Waals surface area contributed by atoms with E-state index in [1.54, 1.807) is 20.8 Å². The molecular weight excluding hydrogens is 450 g/mol. The smallest absolute Gasteiger partial charge is 0.272 e. The first-order valence-corrected chi connectivity index (χ1v) is 11.3. The number of carbonyl (C=O) groups is 2. The van der Waals surface area contributed by atoms with E-state index in [0.29, 0.717) is 0 Å². The van der Waals surface area contributed by atoms with Crippen molar-refractivity contribution in [2.24, 2.45) is 0 Å². The van der Waals surface area contributed by atoms with Gasteiger partial charge in [0.15, 0.2) is 0 Å². The van der Waals surface area contributed by atoms with Crippen LogP contribution in [0.1, 0.15) is 31.1 Å². The molecule has 0 radical (unpaired) electrons. The number of rotatable bonds is 6. The average molecular weight is 474 g/mol. The van der Waals surface area contributed by atoms with Gasteiger partial charge < -0.3 is 10.6 Å². The highest BCUT2D eigenvalue weighted by molar-refractivity contribution is 7.89. The third-order valence-electron chi connectivity index (χ3n) is 4.38. The predicted molar refractivity (Wildman–Crippen MR) is 123 cm³/mol. The van der Waals surface area contributed by atoms with Crippen LogP contribution in [0.4, 0.5) is 5.69 Å². The van der Waals surface area contributed by atoms with Crippen LogP contribution in [0.2, 0.25) is 0 Å². The van der Waals surface area contributed by atoms with Gasteiger partial charge in [-0.05, 0) is 57.2 Å². The third-order valence-corrected chi connectivity index (χ3v) is 6.15. The quantitative estimate of drug-likeness (QED) is 0.352. The number of fused-ring (bicyclic) bond motifs is 1. The van der Waals surface area contributed by atoms with Gasteiger partial charge in [-0.2, -0.15) is 0 Å². The number of aromatic amines is 2. The van der Waals surface area contributed by atoms with E-state index >= 15 is 0 Å². The molecule has 0 aliphatic rings. The van der Waals surface area contributed by atoms with Crippen LogP contribution in [0.25, 0.3) is 10.8 Å². The topological polar surface area (TPSA) is 170 Å². The Morgan fingerprint density at radius 1 is 0.939 bits per heavy atom. The highest BCUT2D eigenvalue weighted by Gasteiger charge is 2.22. The molecule has 0 saturated heterocycles. The van der Waals surface area contributed by atoms with E-state index in [1.165, 1.54) is 42.5 Å². The maximum Gasteiger partial charge on any atom is 0.272 e. The SMILES string of the molecule is CC(C)(C)NS(=O)(=O)c1ccc(C(=O)NCC(=O)Nc2cccc3c(=O)[nH][nH]c(=O)c23)cc1. The first kappa shape index (κ1) is 23.9. The van der Waals surface area contributed by atoms with Crippen molar-refractivity contribution >= 4 is 38.3 Å². The normalized spacial score (nSPS) is 11.8. The van der Waals surface area contributed by atoms with E-state index in [9.17, 15) is 27.6 Å². The van der Waals surface area contributed by atoms with Gasteiger partial charge in [0.25, 0.3) is 17.0 Å².